The molecule has 1 radical (unpaired) electrons. The van der Waals surface area contributed by atoms with E-state index in [9.17, 15) is 17.3 Å². The Morgan fingerprint density at radius 2 is 0.796 bits per heavy atom. The van der Waals surface area contributed by atoms with E-state index in [0.717, 1.165) is 13.2 Å². The van der Waals surface area contributed by atoms with E-state index in [-0.39, 0.29) is 52.4 Å². The van der Waals surface area contributed by atoms with Crippen molar-refractivity contribution in [1.82, 2.24) is 0 Å². The van der Waals surface area contributed by atoms with Gasteiger partial charge in [0.15, 0.2) is 0 Å². The van der Waals surface area contributed by atoms with Crippen LogP contribution in [0.25, 0.3) is 0 Å². The van der Waals surface area contributed by atoms with Crippen molar-refractivity contribution in [2.24, 2.45) is 0 Å². The van der Waals surface area contributed by atoms with Crippen LogP contribution in [0.5, 0.6) is 0 Å². The zero-order chi connectivity index (χ0) is 36.7. The molecule has 289 valence electrons. The van der Waals surface area contributed by atoms with Gasteiger partial charge in [-0.1, -0.05) is 121 Å². The van der Waals surface area contributed by atoms with E-state index in [1.807, 2.05) is 23.5 Å². The van der Waals surface area contributed by atoms with Crippen LogP contribution in [-0.4, -0.2) is 44.3 Å². The van der Waals surface area contributed by atoms with Gasteiger partial charge < -0.3 is 22.0 Å². The zero-order valence-corrected chi connectivity index (χ0v) is 35.9. The van der Waals surface area contributed by atoms with Gasteiger partial charge in [0, 0.05) is 44.2 Å². The number of ether oxygens (including phenoxy) is 1. The van der Waals surface area contributed by atoms with Crippen LogP contribution in [-0.2, 0) is 41.3 Å². The monoisotopic (exact) mass is 936 g/mol. The Balaban J connectivity index is 0.000000289. The fraction of sp³-hybridized carbons (Fsp3) is 0.190. The van der Waals surface area contributed by atoms with E-state index < -0.39 is 7.25 Å². The van der Waals surface area contributed by atoms with Gasteiger partial charge in [-0.3, -0.25) is 0 Å². The van der Waals surface area contributed by atoms with Crippen molar-refractivity contribution < 1.29 is 58.5 Å². The average Bonchev–Trinajstić information content (AvgIpc) is 4.00. The summed E-state index contributed by atoms with van der Waals surface area (Å²) in [4.78, 5) is 2.76. The van der Waals surface area contributed by atoms with Crippen LogP contribution in [0, 0.1) is 0 Å². The summed E-state index contributed by atoms with van der Waals surface area (Å²) in [5.41, 5.74) is 0. The van der Waals surface area contributed by atoms with Gasteiger partial charge in [-0.05, 0) is 62.2 Å². The average molecular weight is 936 g/mol. The fourth-order valence-corrected chi connectivity index (χ4v) is 12.3. The quantitative estimate of drug-likeness (QED) is 0.0398. The Hall–Kier alpha value is -1.97. The summed E-state index contributed by atoms with van der Waals surface area (Å²) in [6.07, 6.45) is 5.00. The summed E-state index contributed by atoms with van der Waals surface area (Å²) in [5.74, 6) is 2.33. The van der Waals surface area contributed by atoms with Crippen molar-refractivity contribution in [3.8, 4) is 0 Å². The minimum atomic E-state index is -6.00. The molecule has 0 unspecified atom stereocenters. The van der Waals surface area contributed by atoms with Gasteiger partial charge in [-0.25, -0.2) is 24.3 Å². The van der Waals surface area contributed by atoms with Gasteiger partial charge in [0.2, 0.25) is 0 Å². The van der Waals surface area contributed by atoms with Crippen LogP contribution in [0.1, 0.15) is 12.8 Å². The Bertz CT molecular complexity index is 1510. The van der Waals surface area contributed by atoms with Crippen LogP contribution in [0.2, 0.25) is 0 Å². The molecule has 7 rings (SSSR count). The van der Waals surface area contributed by atoms with Crippen molar-refractivity contribution in [3.63, 3.8) is 0 Å². The van der Waals surface area contributed by atoms with E-state index >= 15 is 0 Å². The fourth-order valence-electron chi connectivity index (χ4n) is 5.17. The molecule has 1 aliphatic rings. The Morgan fingerprint density at radius 1 is 0.500 bits per heavy atom. The van der Waals surface area contributed by atoms with E-state index in [1.54, 1.807) is 0 Å². The minimum Gasteiger partial charge on any atom is -0.418 e. The molecule has 0 atom stereocenters. The molecule has 0 bridgehead atoms. The van der Waals surface area contributed by atoms with Crippen LogP contribution in [0.3, 0.4) is 0 Å². The molecular weight excluding hydrogens is 892 g/mol. The minimum absolute atomic E-state index is 0. The molecule has 54 heavy (non-hydrogen) atoms. The van der Waals surface area contributed by atoms with Crippen molar-refractivity contribution in [2.45, 2.75) is 22.6 Å². The topological polar surface area (TPSA) is 9.23 Å². The second kappa shape index (κ2) is 28.4. The Kier molecular flexibility index (Phi) is 25.4. The number of halogens is 4. The van der Waals surface area contributed by atoms with Crippen molar-refractivity contribution in [3.05, 3.63) is 170 Å². The summed E-state index contributed by atoms with van der Waals surface area (Å²) in [6, 6.07) is 61.0. The van der Waals surface area contributed by atoms with Crippen molar-refractivity contribution in [2.75, 3.05) is 37.0 Å². The van der Waals surface area contributed by atoms with Crippen molar-refractivity contribution in [1.29, 1.82) is 0 Å². The number of thioether (sulfide) groups is 2. The third-order valence-corrected chi connectivity index (χ3v) is 15.2. The zero-order valence-electron chi connectivity index (χ0n) is 29.7. The third-order valence-electron chi connectivity index (χ3n) is 7.53. The molecule has 1 fully saturated rings. The van der Waals surface area contributed by atoms with Gasteiger partial charge >= 0.3 is 24.3 Å². The second-order valence-electron chi connectivity index (χ2n) is 11.4. The summed E-state index contributed by atoms with van der Waals surface area (Å²) in [7, 11) is -6.51. The van der Waals surface area contributed by atoms with Gasteiger partial charge in [-0.15, -0.1) is 9.79 Å². The molecule has 0 aliphatic carbocycles. The van der Waals surface area contributed by atoms with Crippen LogP contribution >= 0.6 is 39.4 Å². The Morgan fingerprint density at radius 3 is 1.02 bits per heavy atom. The van der Waals surface area contributed by atoms with Gasteiger partial charge in [0.1, 0.15) is 0 Å². The smallest absolute Gasteiger partial charge is 0.418 e. The maximum atomic E-state index is 9.75. The first kappa shape index (κ1) is 48.2. The van der Waals surface area contributed by atoms with Crippen LogP contribution in [0.15, 0.2) is 180 Å². The van der Waals surface area contributed by atoms with E-state index in [4.69, 9.17) is 4.74 Å². The number of benzene rings is 4. The normalized spacial score (nSPS) is 11.8. The molecule has 1 aliphatic heterocycles. The molecule has 1 saturated heterocycles. The standard InChI is InChI=1S/2C19H18PS.C4H8O.BF4.Fe.Rh/c2*1-3-9-17(10-4-1)20(18-11-5-2-6-12-18)15-16-21-19-13-7-8-14-19;1-2-4-5-3-1;2-1(3,4)5;;/h2*1-14H,15-16H2;1-4H2;;;/q2*-1;;-1;+2;. The summed E-state index contributed by atoms with van der Waals surface area (Å²) in [5, 5.41) is 5.90. The molecule has 12 heteroatoms. The number of hydrogen-bond donors (Lipinski definition) is 0. The predicted octanol–water partition coefficient (Wildman–Crippen LogP) is 11.4. The first-order valence-electron chi connectivity index (χ1n) is 17.3. The number of rotatable bonds is 12. The van der Waals surface area contributed by atoms with Crippen LogP contribution in [0.4, 0.5) is 17.3 Å². The molecule has 6 aromatic carbocycles. The maximum Gasteiger partial charge on any atom is 2.00 e. The maximum absolute atomic E-state index is 9.75. The SMILES string of the molecule is C1CCOC1.F[B-](F)(F)F.[Fe+2].[Rh].c1ccc(P(CCSc2ccc[cH-]2)c2ccccc2)cc1.c1ccc(P(CCSc2ccc[cH-]2)c2ccccc2)cc1. The van der Waals surface area contributed by atoms with Crippen LogP contribution < -0.4 is 21.2 Å². The molecule has 0 amide bonds. The van der Waals surface area contributed by atoms with Gasteiger partial charge in [-0.2, -0.15) is 47.8 Å². The molecule has 1 heterocycles. The summed E-state index contributed by atoms with van der Waals surface area (Å²) < 4.78 is 43.9. The van der Waals surface area contributed by atoms with Gasteiger partial charge in [0.05, 0.1) is 0 Å². The molecule has 1 nitrogen and oxygen atoms in total. The van der Waals surface area contributed by atoms with Gasteiger partial charge in [0.25, 0.3) is 0 Å². The summed E-state index contributed by atoms with van der Waals surface area (Å²) in [6.45, 7) is 2.00. The number of hydrogen-bond acceptors (Lipinski definition) is 3. The van der Waals surface area contributed by atoms with E-state index in [2.05, 4.69) is 170 Å². The first-order chi connectivity index (χ1) is 25.4. The predicted molar refractivity (Wildman–Crippen MR) is 224 cm³/mol. The molecule has 0 spiro atoms. The van der Waals surface area contributed by atoms with Crippen molar-refractivity contribution >= 4 is 67.8 Å². The third kappa shape index (κ3) is 20.3. The molecular formula is C42H44BF4FeOP2RhS2-. The van der Waals surface area contributed by atoms with E-state index in [0.29, 0.717) is 0 Å². The first-order valence-corrected chi connectivity index (χ1v) is 22.3. The largest absolute Gasteiger partial charge is 2.00 e. The Labute approximate surface area is 353 Å². The molecule has 0 N–H and O–H groups in total. The second-order valence-corrected chi connectivity index (χ2v) is 18.4. The summed E-state index contributed by atoms with van der Waals surface area (Å²) >= 11 is 3.92. The van der Waals surface area contributed by atoms with E-state index in [1.165, 1.54) is 67.7 Å². The molecule has 0 saturated carbocycles. The molecule has 6 aromatic rings. The molecule has 0 aromatic heterocycles.